The van der Waals surface area contributed by atoms with Crippen LogP contribution in [-0.4, -0.2) is 38.3 Å². The Bertz CT molecular complexity index is 458. The van der Waals surface area contributed by atoms with Crippen LogP contribution in [0, 0.1) is 5.92 Å². The maximum atomic E-state index is 6.16. The number of hydrogen-bond donors (Lipinski definition) is 1. The van der Waals surface area contributed by atoms with E-state index in [0.29, 0.717) is 28.8 Å². The molecule has 0 aromatic heterocycles. The topological polar surface area (TPSA) is 47.7 Å². The first-order valence-corrected chi connectivity index (χ1v) is 7.46. The Morgan fingerprint density at radius 2 is 2.19 bits per heavy atom. The van der Waals surface area contributed by atoms with Crippen molar-refractivity contribution in [1.29, 1.82) is 0 Å². The zero-order chi connectivity index (χ0) is 14.5. The van der Waals surface area contributed by atoms with Gasteiger partial charge in [-0.05, 0) is 31.4 Å². The molecule has 1 fully saturated rings. The molecule has 120 valence electrons. The average molecular weight is 335 g/mol. The van der Waals surface area contributed by atoms with Gasteiger partial charge >= 0.3 is 0 Å². The van der Waals surface area contributed by atoms with Crippen molar-refractivity contribution in [3.8, 4) is 11.5 Å². The number of halogens is 2. The normalized spacial score (nSPS) is 18.9. The monoisotopic (exact) mass is 334 g/mol. The lowest BCUT2D eigenvalue weighted by atomic mass is 10.0. The van der Waals surface area contributed by atoms with Crippen molar-refractivity contribution in [2.75, 3.05) is 39.1 Å². The molecule has 0 bridgehead atoms. The van der Waals surface area contributed by atoms with Gasteiger partial charge in [0.25, 0.3) is 0 Å². The number of likely N-dealkylation sites (tertiary alicyclic amines) is 1. The molecule has 1 aromatic carbocycles. The summed E-state index contributed by atoms with van der Waals surface area (Å²) in [5.74, 6) is 1.94. The second-order valence-electron chi connectivity index (χ2n) is 5.43. The molecule has 2 rings (SSSR count). The summed E-state index contributed by atoms with van der Waals surface area (Å²) >= 11 is 6.16. The Morgan fingerprint density at radius 3 is 2.86 bits per heavy atom. The highest BCUT2D eigenvalue weighted by atomic mass is 35.5. The standard InChI is InChI=1S/C15H23ClN2O2.ClH/c1-11-4-3-5-18(10-11)6-7-20-15-13(16)8-12(17)9-14(15)19-2;/h8-9,11H,3-7,10,17H2,1-2H3;1H. The van der Waals surface area contributed by atoms with Crippen molar-refractivity contribution < 1.29 is 9.47 Å². The van der Waals surface area contributed by atoms with Crippen LogP contribution in [0.25, 0.3) is 0 Å². The summed E-state index contributed by atoms with van der Waals surface area (Å²) in [4.78, 5) is 2.44. The Labute approximate surface area is 137 Å². The second kappa shape index (κ2) is 8.57. The van der Waals surface area contributed by atoms with E-state index in [1.807, 2.05) is 0 Å². The van der Waals surface area contributed by atoms with Crippen LogP contribution in [-0.2, 0) is 0 Å². The van der Waals surface area contributed by atoms with Gasteiger partial charge in [0.05, 0.1) is 12.1 Å². The first-order valence-electron chi connectivity index (χ1n) is 7.08. The largest absolute Gasteiger partial charge is 0.493 e. The summed E-state index contributed by atoms with van der Waals surface area (Å²) in [7, 11) is 1.59. The number of rotatable bonds is 5. The van der Waals surface area contributed by atoms with E-state index >= 15 is 0 Å². The van der Waals surface area contributed by atoms with Crippen LogP contribution in [0.3, 0.4) is 0 Å². The van der Waals surface area contributed by atoms with Gasteiger partial charge in [0.15, 0.2) is 11.5 Å². The Kier molecular flexibility index (Phi) is 7.43. The summed E-state index contributed by atoms with van der Waals surface area (Å²) in [6.07, 6.45) is 2.60. The predicted octanol–water partition coefficient (Wildman–Crippen LogP) is 3.46. The third-order valence-electron chi connectivity index (χ3n) is 3.65. The zero-order valence-electron chi connectivity index (χ0n) is 12.6. The van der Waals surface area contributed by atoms with Gasteiger partial charge in [0, 0.05) is 24.8 Å². The van der Waals surface area contributed by atoms with E-state index < -0.39 is 0 Å². The predicted molar refractivity (Wildman–Crippen MR) is 90.0 cm³/mol. The van der Waals surface area contributed by atoms with Crippen molar-refractivity contribution in [1.82, 2.24) is 4.90 Å². The second-order valence-corrected chi connectivity index (χ2v) is 5.84. The third-order valence-corrected chi connectivity index (χ3v) is 3.93. The fraction of sp³-hybridized carbons (Fsp3) is 0.600. The summed E-state index contributed by atoms with van der Waals surface area (Å²) in [6, 6.07) is 3.41. The van der Waals surface area contributed by atoms with Crippen LogP contribution in [0.1, 0.15) is 19.8 Å². The Balaban J connectivity index is 0.00000220. The molecule has 1 aliphatic heterocycles. The van der Waals surface area contributed by atoms with Gasteiger partial charge in [-0.2, -0.15) is 0 Å². The minimum atomic E-state index is 0. The van der Waals surface area contributed by atoms with Crippen LogP contribution >= 0.6 is 24.0 Å². The van der Waals surface area contributed by atoms with E-state index in [4.69, 9.17) is 26.8 Å². The van der Waals surface area contributed by atoms with Crippen LogP contribution < -0.4 is 15.2 Å². The molecule has 1 aliphatic rings. The van der Waals surface area contributed by atoms with Crippen molar-refractivity contribution in [3.63, 3.8) is 0 Å². The minimum Gasteiger partial charge on any atom is -0.493 e. The van der Waals surface area contributed by atoms with Gasteiger partial charge in [0.2, 0.25) is 0 Å². The molecular formula is C15H24Cl2N2O2. The molecule has 1 atom stereocenters. The fourth-order valence-electron chi connectivity index (χ4n) is 2.65. The number of nitrogens with zero attached hydrogens (tertiary/aromatic N) is 1. The number of nitrogens with two attached hydrogens (primary N) is 1. The molecule has 0 radical (unpaired) electrons. The summed E-state index contributed by atoms with van der Waals surface area (Å²) in [6.45, 7) is 6.12. The number of anilines is 1. The van der Waals surface area contributed by atoms with Crippen molar-refractivity contribution >= 4 is 29.7 Å². The first-order chi connectivity index (χ1) is 9.60. The smallest absolute Gasteiger partial charge is 0.179 e. The quantitative estimate of drug-likeness (QED) is 0.837. The molecule has 0 spiro atoms. The van der Waals surface area contributed by atoms with E-state index in [1.165, 1.54) is 12.8 Å². The van der Waals surface area contributed by atoms with Gasteiger partial charge in [-0.15, -0.1) is 12.4 Å². The van der Waals surface area contributed by atoms with E-state index in [-0.39, 0.29) is 12.4 Å². The molecule has 6 heteroatoms. The van der Waals surface area contributed by atoms with Crippen LogP contribution in [0.2, 0.25) is 5.02 Å². The molecule has 0 amide bonds. The average Bonchev–Trinajstić information content (AvgIpc) is 2.40. The number of benzene rings is 1. The maximum Gasteiger partial charge on any atom is 0.179 e. The number of hydrogen-bond acceptors (Lipinski definition) is 4. The molecule has 0 aliphatic carbocycles. The molecule has 1 aromatic rings. The highest BCUT2D eigenvalue weighted by Crippen LogP contribution is 2.37. The summed E-state index contributed by atoms with van der Waals surface area (Å²) in [5, 5.41) is 0.494. The maximum absolute atomic E-state index is 6.16. The van der Waals surface area contributed by atoms with Crippen molar-refractivity contribution in [2.45, 2.75) is 19.8 Å². The Morgan fingerprint density at radius 1 is 1.43 bits per heavy atom. The molecule has 21 heavy (non-hydrogen) atoms. The van der Waals surface area contributed by atoms with Gasteiger partial charge in [-0.3, -0.25) is 4.90 Å². The van der Waals surface area contributed by atoms with Gasteiger partial charge in [-0.1, -0.05) is 18.5 Å². The zero-order valence-corrected chi connectivity index (χ0v) is 14.2. The van der Waals surface area contributed by atoms with Gasteiger partial charge in [-0.25, -0.2) is 0 Å². The lowest BCUT2D eigenvalue weighted by Gasteiger charge is -2.30. The molecule has 1 heterocycles. The van der Waals surface area contributed by atoms with Gasteiger partial charge in [0.1, 0.15) is 6.61 Å². The SMILES string of the molecule is COc1cc(N)cc(Cl)c1OCCN1CCCC(C)C1.Cl. The summed E-state index contributed by atoms with van der Waals surface area (Å²) < 4.78 is 11.1. The van der Waals surface area contributed by atoms with Crippen LogP contribution in [0.15, 0.2) is 12.1 Å². The van der Waals surface area contributed by atoms with E-state index in [1.54, 1.807) is 19.2 Å². The number of nitrogen functional groups attached to an aromatic ring is 1. The van der Waals surface area contributed by atoms with E-state index in [2.05, 4.69) is 11.8 Å². The lowest BCUT2D eigenvalue weighted by Crippen LogP contribution is -2.37. The van der Waals surface area contributed by atoms with Crippen LogP contribution in [0.5, 0.6) is 11.5 Å². The minimum absolute atomic E-state index is 0. The first kappa shape index (κ1) is 18.2. The highest BCUT2D eigenvalue weighted by Gasteiger charge is 2.17. The molecule has 1 unspecified atom stereocenters. The lowest BCUT2D eigenvalue weighted by molar-refractivity contribution is 0.152. The van der Waals surface area contributed by atoms with E-state index in [0.717, 1.165) is 25.6 Å². The molecule has 2 N–H and O–H groups in total. The molecule has 4 nitrogen and oxygen atoms in total. The number of ether oxygens (including phenoxy) is 2. The molecule has 0 saturated carbocycles. The number of methoxy groups -OCH3 is 1. The van der Waals surface area contributed by atoms with Crippen molar-refractivity contribution in [2.24, 2.45) is 5.92 Å². The highest BCUT2D eigenvalue weighted by molar-refractivity contribution is 6.32. The summed E-state index contributed by atoms with van der Waals surface area (Å²) in [5.41, 5.74) is 6.31. The van der Waals surface area contributed by atoms with Gasteiger partial charge < -0.3 is 15.2 Å². The third kappa shape index (κ3) is 5.13. The fourth-order valence-corrected chi connectivity index (χ4v) is 2.92. The Hall–Kier alpha value is -0.840. The molecular weight excluding hydrogens is 311 g/mol. The van der Waals surface area contributed by atoms with E-state index in [9.17, 15) is 0 Å². The number of piperidine rings is 1. The van der Waals surface area contributed by atoms with Crippen LogP contribution in [0.4, 0.5) is 5.69 Å². The van der Waals surface area contributed by atoms with Crippen molar-refractivity contribution in [3.05, 3.63) is 17.2 Å². The molecule has 1 saturated heterocycles.